The Kier molecular flexibility index (Phi) is 5.33. The zero-order chi connectivity index (χ0) is 10.5. The van der Waals surface area contributed by atoms with Crippen LogP contribution in [0.5, 0.6) is 0 Å². The summed E-state index contributed by atoms with van der Waals surface area (Å²) in [6, 6.07) is 0. The fourth-order valence-corrected chi connectivity index (χ4v) is 2.37. The molecule has 0 saturated carbocycles. The third-order valence-corrected chi connectivity index (χ3v) is 3.85. The van der Waals surface area contributed by atoms with Crippen LogP contribution in [0, 0.1) is 0 Å². The molecule has 0 aliphatic heterocycles. The summed E-state index contributed by atoms with van der Waals surface area (Å²) < 4.78 is 0. The number of hydrogen-bond donors (Lipinski definition) is 2. The lowest BCUT2D eigenvalue weighted by Crippen LogP contribution is -2.37. The molecule has 0 amide bonds. The lowest BCUT2D eigenvalue weighted by atomic mass is 10.0. The predicted molar refractivity (Wildman–Crippen MR) is 61.1 cm³/mol. The van der Waals surface area contributed by atoms with Crippen molar-refractivity contribution in [2.75, 3.05) is 11.5 Å². The minimum absolute atomic E-state index is 0.132. The summed E-state index contributed by atoms with van der Waals surface area (Å²) in [7, 11) is 0. The van der Waals surface area contributed by atoms with Crippen LogP contribution in [-0.4, -0.2) is 27.8 Å². The Balaban J connectivity index is 3.74. The molecule has 0 heterocycles. The lowest BCUT2D eigenvalue weighted by Gasteiger charge is -2.26. The highest BCUT2D eigenvalue weighted by atomic mass is 32.2. The van der Waals surface area contributed by atoms with Crippen molar-refractivity contribution in [3.8, 4) is 0 Å². The van der Waals surface area contributed by atoms with Crippen LogP contribution < -0.4 is 5.73 Å². The van der Waals surface area contributed by atoms with E-state index in [1.54, 1.807) is 11.8 Å². The van der Waals surface area contributed by atoms with Crippen molar-refractivity contribution in [1.82, 2.24) is 0 Å². The largest absolute Gasteiger partial charge is 0.389 e. The quantitative estimate of drug-likeness (QED) is 0.697. The van der Waals surface area contributed by atoms with Crippen molar-refractivity contribution in [3.63, 3.8) is 0 Å². The number of aliphatic hydroxyl groups is 1. The average molecular weight is 205 g/mol. The van der Waals surface area contributed by atoms with Crippen molar-refractivity contribution >= 4 is 11.8 Å². The summed E-state index contributed by atoms with van der Waals surface area (Å²) in [6.45, 7) is 8.07. The highest BCUT2D eigenvalue weighted by molar-refractivity contribution is 7.99. The van der Waals surface area contributed by atoms with E-state index >= 15 is 0 Å². The van der Waals surface area contributed by atoms with E-state index in [0.717, 1.165) is 24.3 Å². The van der Waals surface area contributed by atoms with Gasteiger partial charge >= 0.3 is 0 Å². The van der Waals surface area contributed by atoms with Gasteiger partial charge in [0.2, 0.25) is 0 Å². The van der Waals surface area contributed by atoms with Gasteiger partial charge in [0.05, 0.1) is 5.60 Å². The van der Waals surface area contributed by atoms with Gasteiger partial charge in [0.25, 0.3) is 0 Å². The summed E-state index contributed by atoms with van der Waals surface area (Å²) >= 11 is 1.74. The Morgan fingerprint density at radius 2 is 1.62 bits per heavy atom. The second-order valence-electron chi connectivity index (χ2n) is 4.41. The van der Waals surface area contributed by atoms with Crippen LogP contribution in [0.3, 0.4) is 0 Å². The van der Waals surface area contributed by atoms with E-state index in [1.165, 1.54) is 0 Å². The Labute approximate surface area is 86.3 Å². The molecule has 0 rings (SSSR count). The summed E-state index contributed by atoms with van der Waals surface area (Å²) in [5, 5.41) is 9.96. The molecule has 0 aliphatic carbocycles. The topological polar surface area (TPSA) is 46.2 Å². The monoisotopic (exact) mass is 205 g/mol. The Morgan fingerprint density at radius 3 is 1.92 bits per heavy atom. The minimum Gasteiger partial charge on any atom is -0.389 e. The van der Waals surface area contributed by atoms with Crippen LogP contribution >= 0.6 is 11.8 Å². The van der Waals surface area contributed by atoms with E-state index in [2.05, 4.69) is 0 Å². The van der Waals surface area contributed by atoms with Gasteiger partial charge in [-0.15, -0.1) is 0 Å². The van der Waals surface area contributed by atoms with Crippen molar-refractivity contribution in [2.45, 2.75) is 51.7 Å². The first-order valence-corrected chi connectivity index (χ1v) is 6.07. The maximum absolute atomic E-state index is 9.96. The molecule has 2 nitrogen and oxygen atoms in total. The van der Waals surface area contributed by atoms with Crippen LogP contribution in [0.4, 0.5) is 0 Å². The van der Waals surface area contributed by atoms with E-state index < -0.39 is 5.60 Å². The molecular formula is C10H23NOS. The highest BCUT2D eigenvalue weighted by Gasteiger charge is 2.23. The summed E-state index contributed by atoms with van der Waals surface area (Å²) in [5.74, 6) is 1.69. The maximum atomic E-state index is 9.96. The van der Waals surface area contributed by atoms with Gasteiger partial charge in [0, 0.05) is 17.0 Å². The van der Waals surface area contributed by atoms with Crippen LogP contribution in [0.25, 0.3) is 0 Å². The summed E-state index contributed by atoms with van der Waals surface area (Å²) in [4.78, 5) is 0. The van der Waals surface area contributed by atoms with Gasteiger partial charge in [-0.1, -0.05) is 13.8 Å². The molecule has 0 aromatic carbocycles. The van der Waals surface area contributed by atoms with E-state index in [1.807, 2.05) is 27.7 Å². The second-order valence-corrected chi connectivity index (χ2v) is 5.40. The molecule has 0 saturated heterocycles. The molecule has 0 atom stereocenters. The fraction of sp³-hybridized carbons (Fsp3) is 1.00. The van der Waals surface area contributed by atoms with Crippen molar-refractivity contribution in [2.24, 2.45) is 5.73 Å². The molecule has 13 heavy (non-hydrogen) atoms. The Morgan fingerprint density at radius 1 is 1.15 bits per heavy atom. The van der Waals surface area contributed by atoms with E-state index in [9.17, 15) is 5.11 Å². The third-order valence-electron chi connectivity index (χ3n) is 2.16. The number of hydrogen-bond acceptors (Lipinski definition) is 3. The highest BCUT2D eigenvalue weighted by Crippen LogP contribution is 2.22. The fourth-order valence-electron chi connectivity index (χ4n) is 0.958. The van der Waals surface area contributed by atoms with Gasteiger partial charge in [0.1, 0.15) is 0 Å². The molecule has 0 aromatic heterocycles. The summed E-state index contributed by atoms with van der Waals surface area (Å²) in [6.07, 6.45) is 1.64. The SMILES string of the molecule is CCC(O)(CC)CSCC(C)(C)N. The summed E-state index contributed by atoms with van der Waals surface area (Å²) in [5.41, 5.74) is 5.22. The Bertz CT molecular complexity index is 138. The number of nitrogens with two attached hydrogens (primary N) is 1. The molecule has 3 N–H and O–H groups in total. The molecule has 0 aliphatic rings. The van der Waals surface area contributed by atoms with Gasteiger partial charge in [-0.2, -0.15) is 11.8 Å². The van der Waals surface area contributed by atoms with E-state index in [0.29, 0.717) is 0 Å². The van der Waals surface area contributed by atoms with Crippen LogP contribution in [0.1, 0.15) is 40.5 Å². The predicted octanol–water partition coefficient (Wildman–Crippen LogP) is 2.01. The molecule has 0 radical (unpaired) electrons. The molecule has 3 heteroatoms. The van der Waals surface area contributed by atoms with E-state index in [-0.39, 0.29) is 5.54 Å². The van der Waals surface area contributed by atoms with Gasteiger partial charge in [0.15, 0.2) is 0 Å². The third kappa shape index (κ3) is 6.36. The molecule has 0 bridgehead atoms. The van der Waals surface area contributed by atoms with Gasteiger partial charge < -0.3 is 10.8 Å². The van der Waals surface area contributed by atoms with Crippen molar-refractivity contribution in [3.05, 3.63) is 0 Å². The average Bonchev–Trinajstić information content (AvgIpc) is 2.02. The van der Waals surface area contributed by atoms with Crippen LogP contribution in [0.15, 0.2) is 0 Å². The maximum Gasteiger partial charge on any atom is 0.0732 e. The van der Waals surface area contributed by atoms with Crippen molar-refractivity contribution in [1.29, 1.82) is 0 Å². The van der Waals surface area contributed by atoms with Gasteiger partial charge in [-0.05, 0) is 26.7 Å². The minimum atomic E-state index is -0.490. The standard InChI is InChI=1S/C10H23NOS/c1-5-10(12,6-2)8-13-7-9(3,4)11/h12H,5-8,11H2,1-4H3. The van der Waals surface area contributed by atoms with Gasteiger partial charge in [-0.3, -0.25) is 0 Å². The molecule has 0 unspecified atom stereocenters. The van der Waals surface area contributed by atoms with Crippen molar-refractivity contribution < 1.29 is 5.11 Å². The Hall–Kier alpha value is 0.270. The molecular weight excluding hydrogens is 182 g/mol. The first kappa shape index (κ1) is 13.3. The molecule has 0 spiro atoms. The number of thioether (sulfide) groups is 1. The first-order chi connectivity index (χ1) is 5.83. The first-order valence-electron chi connectivity index (χ1n) is 4.92. The molecule has 80 valence electrons. The van der Waals surface area contributed by atoms with Crippen LogP contribution in [0.2, 0.25) is 0 Å². The van der Waals surface area contributed by atoms with Gasteiger partial charge in [-0.25, -0.2) is 0 Å². The second kappa shape index (κ2) is 5.23. The zero-order valence-corrected chi connectivity index (χ0v) is 10.1. The lowest BCUT2D eigenvalue weighted by molar-refractivity contribution is 0.0571. The van der Waals surface area contributed by atoms with E-state index in [4.69, 9.17) is 5.73 Å². The normalized spacial score (nSPS) is 13.4. The molecule has 0 aromatic rings. The molecule has 0 fully saturated rings. The van der Waals surface area contributed by atoms with Crippen LogP contribution in [-0.2, 0) is 0 Å². The smallest absolute Gasteiger partial charge is 0.0732 e. The zero-order valence-electron chi connectivity index (χ0n) is 9.26. The number of rotatable bonds is 6.